The van der Waals surface area contributed by atoms with Gasteiger partial charge in [0.25, 0.3) is 0 Å². The predicted molar refractivity (Wildman–Crippen MR) is 105 cm³/mol. The molecule has 0 radical (unpaired) electrons. The van der Waals surface area contributed by atoms with Gasteiger partial charge in [-0.1, -0.05) is 48.2 Å². The molecule has 0 aromatic heterocycles. The maximum absolute atomic E-state index is 12.4. The van der Waals surface area contributed by atoms with Gasteiger partial charge in [0.2, 0.25) is 10.0 Å². The van der Waals surface area contributed by atoms with Crippen LogP contribution in [0.5, 0.6) is 5.75 Å². The maximum Gasteiger partial charge on any atom is 0.241 e. The fourth-order valence-corrected chi connectivity index (χ4v) is 3.65. The molecular weight excluding hydrogens is 346 g/mol. The molecule has 2 aromatic carbocycles. The molecule has 0 heterocycles. The van der Waals surface area contributed by atoms with E-state index in [9.17, 15) is 8.42 Å². The summed E-state index contributed by atoms with van der Waals surface area (Å²) in [6, 6.07) is 13.0. The van der Waals surface area contributed by atoms with Gasteiger partial charge in [0.05, 0.1) is 11.4 Å². The molecule has 0 saturated heterocycles. The summed E-state index contributed by atoms with van der Waals surface area (Å²) in [5.41, 5.74) is 2.65. The summed E-state index contributed by atoms with van der Waals surface area (Å²) in [7, 11) is -3.57. The lowest BCUT2D eigenvalue weighted by Crippen LogP contribution is -2.25. The summed E-state index contributed by atoms with van der Waals surface area (Å²) in [5, 5.41) is 0. The molecule has 26 heavy (non-hydrogen) atoms. The molecule has 0 aliphatic heterocycles. The van der Waals surface area contributed by atoms with Gasteiger partial charge in [0, 0.05) is 0 Å². The Kier molecular flexibility index (Phi) is 7.02. The van der Waals surface area contributed by atoms with E-state index in [0.717, 1.165) is 23.3 Å². The second kappa shape index (κ2) is 9.23. The summed E-state index contributed by atoms with van der Waals surface area (Å²) < 4.78 is 32.9. The quantitative estimate of drug-likeness (QED) is 0.601. The molecule has 0 fully saturated rings. The Hall–Kier alpha value is -2.55. The number of para-hydroxylation sites is 1. The first kappa shape index (κ1) is 19.8. The number of aryl methyl sites for hydroxylation is 2. The van der Waals surface area contributed by atoms with E-state index >= 15 is 0 Å². The molecular formula is C21H23NO3S. The van der Waals surface area contributed by atoms with Crippen molar-refractivity contribution in [3.8, 4) is 17.6 Å². The van der Waals surface area contributed by atoms with Gasteiger partial charge in [-0.15, -0.1) is 6.58 Å². The molecule has 0 amide bonds. The topological polar surface area (TPSA) is 55.4 Å². The largest absolute Gasteiger partial charge is 0.481 e. The first-order valence-electron chi connectivity index (χ1n) is 8.28. The van der Waals surface area contributed by atoms with Gasteiger partial charge in [0.15, 0.2) is 0 Å². The summed E-state index contributed by atoms with van der Waals surface area (Å²) in [6.07, 6.45) is 2.54. The third kappa shape index (κ3) is 5.48. The fourth-order valence-electron chi connectivity index (χ4n) is 2.40. The molecule has 4 nitrogen and oxygen atoms in total. The number of hydrogen-bond donors (Lipinski definition) is 1. The van der Waals surface area contributed by atoms with Crippen molar-refractivity contribution in [3.05, 3.63) is 71.8 Å². The first-order chi connectivity index (χ1) is 12.4. The van der Waals surface area contributed by atoms with E-state index in [1.807, 2.05) is 43.3 Å². The highest BCUT2D eigenvalue weighted by Gasteiger charge is 2.15. The number of sulfonamides is 1. The Morgan fingerprint density at radius 1 is 1.15 bits per heavy atom. The van der Waals surface area contributed by atoms with Crippen LogP contribution in [0.25, 0.3) is 0 Å². The number of hydrogen-bond acceptors (Lipinski definition) is 3. The van der Waals surface area contributed by atoms with Gasteiger partial charge in [0.1, 0.15) is 12.4 Å². The highest BCUT2D eigenvalue weighted by Crippen LogP contribution is 2.18. The van der Waals surface area contributed by atoms with Crippen molar-refractivity contribution in [2.75, 3.05) is 13.2 Å². The molecule has 136 valence electrons. The lowest BCUT2D eigenvalue weighted by molar-refractivity contribution is 0.366. The van der Waals surface area contributed by atoms with Gasteiger partial charge in [-0.05, 0) is 49.1 Å². The Labute approximate surface area is 156 Å². The van der Waals surface area contributed by atoms with E-state index < -0.39 is 10.0 Å². The summed E-state index contributed by atoms with van der Waals surface area (Å²) in [4.78, 5) is 0.286. The highest BCUT2D eigenvalue weighted by molar-refractivity contribution is 7.89. The van der Waals surface area contributed by atoms with Crippen molar-refractivity contribution >= 4 is 10.0 Å². The van der Waals surface area contributed by atoms with Crippen molar-refractivity contribution in [1.82, 2.24) is 4.72 Å². The predicted octanol–water partition coefficient (Wildman–Crippen LogP) is 3.39. The van der Waals surface area contributed by atoms with Gasteiger partial charge in [-0.2, -0.15) is 4.72 Å². The molecule has 5 heteroatoms. The van der Waals surface area contributed by atoms with Crippen LogP contribution in [0.1, 0.15) is 16.7 Å². The van der Waals surface area contributed by atoms with Crippen LogP contribution < -0.4 is 9.46 Å². The van der Waals surface area contributed by atoms with Crippen molar-refractivity contribution in [3.63, 3.8) is 0 Å². The monoisotopic (exact) mass is 369 g/mol. The summed E-state index contributed by atoms with van der Waals surface area (Å²) in [6.45, 7) is 7.59. The van der Waals surface area contributed by atoms with E-state index in [1.54, 1.807) is 19.1 Å². The van der Waals surface area contributed by atoms with Gasteiger partial charge < -0.3 is 4.74 Å². The average Bonchev–Trinajstić information content (AvgIpc) is 2.61. The molecule has 0 spiro atoms. The molecule has 2 aromatic rings. The Morgan fingerprint density at radius 2 is 1.92 bits per heavy atom. The molecule has 0 atom stereocenters. The SMILES string of the molecule is C=CCc1ccccc1OCC#CCNS(=O)(=O)c1cc(C)ccc1C. The minimum Gasteiger partial charge on any atom is -0.481 e. The summed E-state index contributed by atoms with van der Waals surface area (Å²) >= 11 is 0. The standard InChI is InChI=1S/C21H23NO3S/c1-4-9-19-10-5-6-11-20(19)25-15-8-7-14-22-26(23,24)21-16-17(2)12-13-18(21)3/h4-6,10-13,16,22H,1,9,14-15H2,2-3H3. The van der Waals surface area contributed by atoms with Crippen LogP contribution in [0.15, 0.2) is 60.0 Å². The van der Waals surface area contributed by atoms with Crippen molar-refractivity contribution in [2.24, 2.45) is 0 Å². The first-order valence-corrected chi connectivity index (χ1v) is 9.76. The van der Waals surface area contributed by atoms with Crippen LogP contribution in [0.2, 0.25) is 0 Å². The fraction of sp³-hybridized carbons (Fsp3) is 0.238. The molecule has 0 saturated carbocycles. The molecule has 0 bridgehead atoms. The number of nitrogens with one attached hydrogen (secondary N) is 1. The molecule has 0 unspecified atom stereocenters. The third-order valence-corrected chi connectivity index (χ3v) is 5.29. The number of allylic oxidation sites excluding steroid dienone is 1. The van der Waals surface area contributed by atoms with E-state index in [1.165, 1.54) is 0 Å². The van der Waals surface area contributed by atoms with E-state index in [-0.39, 0.29) is 18.0 Å². The van der Waals surface area contributed by atoms with Crippen LogP contribution in [-0.2, 0) is 16.4 Å². The zero-order valence-electron chi connectivity index (χ0n) is 15.1. The molecule has 2 rings (SSSR count). The zero-order chi connectivity index (χ0) is 19.0. The number of ether oxygens (including phenoxy) is 1. The lowest BCUT2D eigenvalue weighted by atomic mass is 10.1. The van der Waals surface area contributed by atoms with Crippen LogP contribution >= 0.6 is 0 Å². The smallest absolute Gasteiger partial charge is 0.241 e. The van der Waals surface area contributed by atoms with Gasteiger partial charge >= 0.3 is 0 Å². The molecule has 0 aliphatic carbocycles. The van der Waals surface area contributed by atoms with Crippen LogP contribution in [0.4, 0.5) is 0 Å². The summed E-state index contributed by atoms with van der Waals surface area (Å²) in [5.74, 6) is 6.37. The Morgan fingerprint density at radius 3 is 2.69 bits per heavy atom. The van der Waals surface area contributed by atoms with Crippen molar-refractivity contribution < 1.29 is 13.2 Å². The molecule has 0 aliphatic rings. The van der Waals surface area contributed by atoms with Crippen molar-refractivity contribution in [1.29, 1.82) is 0 Å². The number of benzene rings is 2. The molecule has 1 N–H and O–H groups in total. The lowest BCUT2D eigenvalue weighted by Gasteiger charge is -2.08. The Bertz CT molecular complexity index is 937. The number of rotatable bonds is 7. The second-order valence-corrected chi connectivity index (χ2v) is 7.57. The van der Waals surface area contributed by atoms with Crippen LogP contribution in [-0.4, -0.2) is 21.6 Å². The maximum atomic E-state index is 12.4. The minimum atomic E-state index is -3.57. The zero-order valence-corrected chi connectivity index (χ0v) is 15.9. The average molecular weight is 369 g/mol. The Balaban J connectivity index is 1.91. The van der Waals surface area contributed by atoms with E-state index in [2.05, 4.69) is 23.1 Å². The van der Waals surface area contributed by atoms with Crippen LogP contribution in [0, 0.1) is 25.7 Å². The normalized spacial score (nSPS) is 10.7. The third-order valence-electron chi connectivity index (χ3n) is 3.75. The van der Waals surface area contributed by atoms with Gasteiger partial charge in [-0.3, -0.25) is 0 Å². The van der Waals surface area contributed by atoms with E-state index in [0.29, 0.717) is 5.56 Å². The van der Waals surface area contributed by atoms with Gasteiger partial charge in [-0.25, -0.2) is 8.42 Å². The van der Waals surface area contributed by atoms with Crippen molar-refractivity contribution in [2.45, 2.75) is 25.2 Å². The second-order valence-electron chi connectivity index (χ2n) is 5.84. The minimum absolute atomic E-state index is 0.0351. The highest BCUT2D eigenvalue weighted by atomic mass is 32.2. The van der Waals surface area contributed by atoms with Crippen LogP contribution in [0.3, 0.4) is 0 Å². The van der Waals surface area contributed by atoms with E-state index in [4.69, 9.17) is 4.74 Å².